The van der Waals surface area contributed by atoms with Crippen LogP contribution in [0.2, 0.25) is 0 Å². The van der Waals surface area contributed by atoms with E-state index in [4.69, 9.17) is 0 Å². The minimum atomic E-state index is -2.71. The fourth-order valence-corrected chi connectivity index (χ4v) is 0.817. The molecule has 2 amide bonds. The average Bonchev–Trinajstić information content (AvgIpc) is 2.19. The van der Waals surface area contributed by atoms with E-state index >= 15 is 0 Å². The van der Waals surface area contributed by atoms with Crippen molar-refractivity contribution in [2.75, 3.05) is 0 Å². The van der Waals surface area contributed by atoms with Crippen LogP contribution in [0.25, 0.3) is 0 Å². The van der Waals surface area contributed by atoms with E-state index in [0.29, 0.717) is 0 Å². The lowest BCUT2D eigenvalue weighted by atomic mass is 10.2. The van der Waals surface area contributed by atoms with E-state index in [1.807, 2.05) is 18.2 Å². The molecule has 0 radical (unpaired) electrons. The minimum Gasteiger partial charge on any atom is -0.273 e. The van der Waals surface area contributed by atoms with Crippen molar-refractivity contribution in [2.45, 2.75) is 6.92 Å². The fraction of sp³-hybridized carbons (Fsp3) is 0.125. The third kappa shape index (κ3) is 8.60. The molecule has 0 spiro atoms. The van der Waals surface area contributed by atoms with Crippen LogP contribution in [-0.4, -0.2) is 14.4 Å². The van der Waals surface area contributed by atoms with Crippen LogP contribution in [0.5, 0.6) is 0 Å². The van der Waals surface area contributed by atoms with Gasteiger partial charge < -0.3 is 0 Å². The normalized spacial score (nSPS) is 8.13. The van der Waals surface area contributed by atoms with Crippen molar-refractivity contribution in [3.63, 3.8) is 0 Å². The summed E-state index contributed by atoms with van der Waals surface area (Å²) in [6, 6.07) is 9.18. The lowest BCUT2D eigenvalue weighted by Crippen LogP contribution is -2.26. The number of carbonyl (C=O) groups excluding carboxylic acids is 1. The van der Waals surface area contributed by atoms with Crippen LogP contribution in [-0.2, 0) is 10.5 Å². The maximum absolute atomic E-state index is 9.83. The van der Waals surface area contributed by atoms with Crippen molar-refractivity contribution in [2.24, 2.45) is 10.2 Å². The SMILES string of the molecule is Cc1ccccc1.NNC(=O)N=S(=O)=O. The van der Waals surface area contributed by atoms with E-state index in [9.17, 15) is 13.2 Å². The van der Waals surface area contributed by atoms with Crippen molar-refractivity contribution in [3.8, 4) is 0 Å². The number of amides is 2. The molecular weight excluding hydrogens is 218 g/mol. The topological polar surface area (TPSA) is 102 Å². The quantitative estimate of drug-likeness (QED) is 0.387. The van der Waals surface area contributed by atoms with Gasteiger partial charge in [-0.15, -0.1) is 0 Å². The molecule has 0 bridgehead atoms. The summed E-state index contributed by atoms with van der Waals surface area (Å²) >= 11 is 0. The molecule has 0 aliphatic rings. The summed E-state index contributed by atoms with van der Waals surface area (Å²) in [5, 5.41) is 0. The number of nitrogens with two attached hydrogens (primary N) is 1. The van der Waals surface area contributed by atoms with Gasteiger partial charge in [0.15, 0.2) is 0 Å². The summed E-state index contributed by atoms with van der Waals surface area (Å²) in [6.45, 7) is 2.08. The molecule has 0 atom stereocenters. The number of hydrogen-bond donors (Lipinski definition) is 2. The van der Waals surface area contributed by atoms with Gasteiger partial charge in [-0.3, -0.25) is 5.43 Å². The third-order valence-corrected chi connectivity index (χ3v) is 1.54. The first-order valence-corrected chi connectivity index (χ1v) is 4.92. The van der Waals surface area contributed by atoms with Gasteiger partial charge >= 0.3 is 16.5 Å². The molecule has 0 aliphatic heterocycles. The van der Waals surface area contributed by atoms with Gasteiger partial charge in [0.25, 0.3) is 0 Å². The summed E-state index contributed by atoms with van der Waals surface area (Å²) in [6.07, 6.45) is 0. The van der Waals surface area contributed by atoms with Gasteiger partial charge in [0, 0.05) is 0 Å². The monoisotopic (exact) mass is 229 g/mol. The van der Waals surface area contributed by atoms with Crippen LogP contribution >= 0.6 is 0 Å². The molecule has 0 saturated carbocycles. The first kappa shape index (κ1) is 13.3. The number of hydrazine groups is 1. The van der Waals surface area contributed by atoms with E-state index in [-0.39, 0.29) is 0 Å². The van der Waals surface area contributed by atoms with Crippen LogP contribution in [0, 0.1) is 6.92 Å². The van der Waals surface area contributed by atoms with Crippen molar-refractivity contribution < 1.29 is 13.2 Å². The molecule has 6 nitrogen and oxygen atoms in total. The smallest absolute Gasteiger partial charge is 0.273 e. The van der Waals surface area contributed by atoms with Crippen molar-refractivity contribution in [3.05, 3.63) is 35.9 Å². The van der Waals surface area contributed by atoms with Crippen molar-refractivity contribution >= 4 is 16.5 Å². The Balaban J connectivity index is 0.000000262. The van der Waals surface area contributed by atoms with E-state index in [0.717, 1.165) is 0 Å². The van der Waals surface area contributed by atoms with Gasteiger partial charge in [-0.25, -0.2) is 10.6 Å². The molecule has 82 valence electrons. The molecule has 1 rings (SSSR count). The van der Waals surface area contributed by atoms with E-state index in [2.05, 4.69) is 29.3 Å². The second-order valence-corrected chi connectivity index (χ2v) is 3.03. The van der Waals surface area contributed by atoms with Crippen molar-refractivity contribution in [1.82, 2.24) is 5.43 Å². The number of nitrogens with one attached hydrogen (secondary N) is 1. The van der Waals surface area contributed by atoms with E-state index in [1.165, 1.54) is 11.0 Å². The fourth-order valence-electron chi connectivity index (χ4n) is 0.628. The largest absolute Gasteiger partial charge is 0.370 e. The Morgan fingerprint density at radius 1 is 1.33 bits per heavy atom. The van der Waals surface area contributed by atoms with E-state index in [1.54, 1.807) is 0 Å². The Morgan fingerprint density at radius 2 is 1.87 bits per heavy atom. The third-order valence-electron chi connectivity index (χ3n) is 1.22. The number of benzene rings is 1. The molecule has 1 aromatic rings. The van der Waals surface area contributed by atoms with Gasteiger partial charge in [-0.05, 0) is 6.92 Å². The number of urea groups is 1. The first-order valence-electron chi connectivity index (χ1n) is 3.89. The van der Waals surface area contributed by atoms with Crippen LogP contribution in [0.4, 0.5) is 4.79 Å². The highest BCUT2D eigenvalue weighted by Gasteiger charge is 1.88. The van der Waals surface area contributed by atoms with Crippen LogP contribution < -0.4 is 11.3 Å². The molecular formula is C8H11N3O3S. The zero-order valence-corrected chi connectivity index (χ0v) is 8.86. The highest BCUT2D eigenvalue weighted by molar-refractivity contribution is 7.62. The van der Waals surface area contributed by atoms with Gasteiger partial charge in [0.1, 0.15) is 0 Å². The van der Waals surface area contributed by atoms with Crippen LogP contribution in [0.3, 0.4) is 0 Å². The van der Waals surface area contributed by atoms with Gasteiger partial charge in [-0.2, -0.15) is 8.42 Å². The predicted molar refractivity (Wildman–Crippen MR) is 55.2 cm³/mol. The molecule has 3 N–H and O–H groups in total. The minimum absolute atomic E-state index is 1.08. The standard InChI is InChI=1S/C7H8.CH3N3O3S/c1-7-5-3-2-4-6-7;2-3-1(5)4-8(6)7/h2-6H,1H3;2H2,(H,3,5). The molecule has 0 heterocycles. The Kier molecular flexibility index (Phi) is 6.77. The van der Waals surface area contributed by atoms with Gasteiger partial charge in [0.05, 0.1) is 0 Å². The maximum Gasteiger partial charge on any atom is 0.370 e. The summed E-state index contributed by atoms with van der Waals surface area (Å²) in [5.41, 5.74) is 2.82. The second-order valence-electron chi connectivity index (χ2n) is 2.41. The molecule has 1 aromatic carbocycles. The zero-order chi connectivity index (χ0) is 11.7. The molecule has 0 saturated heterocycles. The number of aryl methyl sites for hydroxylation is 1. The predicted octanol–water partition coefficient (Wildman–Crippen LogP) is 0.627. The zero-order valence-electron chi connectivity index (χ0n) is 8.04. The second kappa shape index (κ2) is 7.65. The summed E-state index contributed by atoms with van der Waals surface area (Å²) in [4.78, 5) is 9.83. The maximum atomic E-state index is 9.83. The van der Waals surface area contributed by atoms with Crippen LogP contribution in [0.15, 0.2) is 34.7 Å². The molecule has 7 heteroatoms. The lowest BCUT2D eigenvalue weighted by Gasteiger charge is -1.82. The highest BCUT2D eigenvalue weighted by Crippen LogP contribution is 1.92. The van der Waals surface area contributed by atoms with E-state index < -0.39 is 16.5 Å². The Bertz CT molecular complexity index is 420. The Labute approximate surface area is 88.8 Å². The number of hydrogen-bond acceptors (Lipinski definition) is 4. The number of carbonyl (C=O) groups is 1. The summed E-state index contributed by atoms with van der Waals surface area (Å²) < 4.78 is 21.4. The van der Waals surface area contributed by atoms with Gasteiger partial charge in [-0.1, -0.05) is 40.3 Å². The number of rotatable bonds is 0. The van der Waals surface area contributed by atoms with Crippen LogP contribution in [0.1, 0.15) is 5.56 Å². The summed E-state index contributed by atoms with van der Waals surface area (Å²) in [5.74, 6) is 4.45. The van der Waals surface area contributed by atoms with Gasteiger partial charge in [0.2, 0.25) is 0 Å². The first-order chi connectivity index (χ1) is 7.06. The number of nitrogens with zero attached hydrogens (tertiary/aromatic N) is 1. The molecule has 15 heavy (non-hydrogen) atoms. The van der Waals surface area contributed by atoms with Crippen molar-refractivity contribution in [1.29, 1.82) is 0 Å². The molecule has 0 unspecified atom stereocenters. The Morgan fingerprint density at radius 3 is 2.07 bits per heavy atom. The molecule has 0 aromatic heterocycles. The molecule has 0 fully saturated rings. The highest BCUT2D eigenvalue weighted by atomic mass is 32.2. The summed E-state index contributed by atoms with van der Waals surface area (Å²) in [7, 11) is -2.71. The molecule has 0 aliphatic carbocycles. The lowest BCUT2D eigenvalue weighted by molar-refractivity contribution is 0.250. The average molecular weight is 229 g/mol. The Hall–Kier alpha value is -1.73.